The molecule has 0 aliphatic heterocycles. The molecule has 0 saturated carbocycles. The molecule has 0 fully saturated rings. The highest BCUT2D eigenvalue weighted by Gasteiger charge is 2.11. The summed E-state index contributed by atoms with van der Waals surface area (Å²) in [7, 11) is 0. The van der Waals surface area contributed by atoms with Crippen molar-refractivity contribution in [1.29, 1.82) is 0 Å². The third-order valence-electron chi connectivity index (χ3n) is 1.13. The minimum Gasteiger partial charge on any atom is -0.368 e. The van der Waals surface area contributed by atoms with E-state index in [0.29, 0.717) is 6.42 Å². The molecule has 0 aromatic heterocycles. The van der Waals surface area contributed by atoms with E-state index in [4.69, 9.17) is 4.74 Å². The first-order chi connectivity index (χ1) is 5.45. The molecule has 0 aliphatic rings. The second-order valence-corrected chi connectivity index (χ2v) is 3.54. The normalized spacial score (nSPS) is 10.3. The van der Waals surface area contributed by atoms with Crippen LogP contribution >= 0.6 is 0 Å². The summed E-state index contributed by atoms with van der Waals surface area (Å²) in [6.07, 6.45) is 0.298. The van der Waals surface area contributed by atoms with Crippen LogP contribution in [-0.4, -0.2) is 18.0 Å². The predicted octanol–water partition coefficient (Wildman–Crippen LogP) is 1.78. The lowest BCUT2D eigenvalue weighted by Crippen LogP contribution is -2.23. The highest BCUT2D eigenvalue weighted by Crippen LogP contribution is 2.06. The van der Waals surface area contributed by atoms with Gasteiger partial charge in [-0.1, -0.05) is 5.92 Å². The van der Waals surface area contributed by atoms with Crippen molar-refractivity contribution in [2.24, 2.45) is 0 Å². The molecule has 0 spiro atoms. The molecule has 0 rings (SSSR count). The Kier molecular flexibility index (Phi) is 4.61. The molecule has 0 heterocycles. The Hall–Kier alpha value is -0.810. The molecule has 2 heteroatoms. The van der Waals surface area contributed by atoms with Gasteiger partial charge in [0.2, 0.25) is 0 Å². The molecule has 0 bridgehead atoms. The van der Waals surface area contributed by atoms with Gasteiger partial charge in [0, 0.05) is 0 Å². The zero-order chi connectivity index (χ0) is 9.61. The van der Waals surface area contributed by atoms with Crippen LogP contribution in [0, 0.1) is 11.8 Å². The van der Waals surface area contributed by atoms with E-state index < -0.39 is 0 Å². The van der Waals surface area contributed by atoms with Crippen LogP contribution < -0.4 is 0 Å². The van der Waals surface area contributed by atoms with Crippen LogP contribution in [0.15, 0.2) is 0 Å². The summed E-state index contributed by atoms with van der Waals surface area (Å²) >= 11 is 0. The first kappa shape index (κ1) is 11.2. The van der Waals surface area contributed by atoms with Crippen molar-refractivity contribution >= 4 is 5.78 Å². The fourth-order valence-corrected chi connectivity index (χ4v) is 0.535. The molecule has 0 amide bonds. The molecule has 12 heavy (non-hydrogen) atoms. The SMILES string of the molecule is CC#CCC(=O)COC(C)(C)C. The number of hydrogen-bond donors (Lipinski definition) is 0. The van der Waals surface area contributed by atoms with E-state index in [1.54, 1.807) is 6.92 Å². The predicted molar refractivity (Wildman–Crippen MR) is 48.8 cm³/mol. The molecule has 2 nitrogen and oxygen atoms in total. The van der Waals surface area contributed by atoms with E-state index in [9.17, 15) is 4.79 Å². The summed E-state index contributed by atoms with van der Waals surface area (Å²) in [5, 5.41) is 0. The molecule has 0 aromatic carbocycles. The standard InChI is InChI=1S/C10H16O2/c1-5-6-7-9(11)8-12-10(2,3)4/h7-8H2,1-4H3. The number of ketones is 1. The number of ether oxygens (including phenoxy) is 1. The van der Waals surface area contributed by atoms with Crippen molar-refractivity contribution in [3.05, 3.63) is 0 Å². The van der Waals surface area contributed by atoms with E-state index >= 15 is 0 Å². The Morgan fingerprint density at radius 2 is 2.00 bits per heavy atom. The maximum atomic E-state index is 11.0. The van der Waals surface area contributed by atoms with E-state index in [-0.39, 0.29) is 18.0 Å². The van der Waals surface area contributed by atoms with Gasteiger partial charge in [-0.15, -0.1) is 5.92 Å². The van der Waals surface area contributed by atoms with Crippen LogP contribution in [0.25, 0.3) is 0 Å². The van der Waals surface area contributed by atoms with Gasteiger partial charge in [0.25, 0.3) is 0 Å². The summed E-state index contributed by atoms with van der Waals surface area (Å²) in [4.78, 5) is 11.0. The van der Waals surface area contributed by atoms with Gasteiger partial charge in [0.15, 0.2) is 5.78 Å². The highest BCUT2D eigenvalue weighted by molar-refractivity contribution is 5.81. The highest BCUT2D eigenvalue weighted by atomic mass is 16.5. The second kappa shape index (κ2) is 4.95. The molecule has 68 valence electrons. The lowest BCUT2D eigenvalue weighted by molar-refractivity contribution is -0.127. The van der Waals surface area contributed by atoms with Gasteiger partial charge in [0.1, 0.15) is 6.61 Å². The van der Waals surface area contributed by atoms with Gasteiger partial charge in [-0.05, 0) is 27.7 Å². The minimum atomic E-state index is -0.241. The first-order valence-corrected chi connectivity index (χ1v) is 4.01. The first-order valence-electron chi connectivity index (χ1n) is 4.01. The molecular weight excluding hydrogens is 152 g/mol. The van der Waals surface area contributed by atoms with Crippen LogP contribution in [0.2, 0.25) is 0 Å². The molecule has 0 aromatic rings. The van der Waals surface area contributed by atoms with Crippen molar-refractivity contribution in [1.82, 2.24) is 0 Å². The van der Waals surface area contributed by atoms with Crippen molar-refractivity contribution < 1.29 is 9.53 Å². The van der Waals surface area contributed by atoms with Gasteiger partial charge < -0.3 is 4.74 Å². The second-order valence-electron chi connectivity index (χ2n) is 3.54. The summed E-state index contributed by atoms with van der Waals surface area (Å²) < 4.78 is 5.27. The van der Waals surface area contributed by atoms with Crippen LogP contribution in [0.3, 0.4) is 0 Å². The van der Waals surface area contributed by atoms with Crippen molar-refractivity contribution in [3.63, 3.8) is 0 Å². The van der Waals surface area contributed by atoms with Crippen LogP contribution in [0.5, 0.6) is 0 Å². The molecular formula is C10H16O2. The summed E-state index contributed by atoms with van der Waals surface area (Å²) in [6.45, 7) is 7.65. The Labute approximate surface area is 74.3 Å². The van der Waals surface area contributed by atoms with Crippen LogP contribution in [0.1, 0.15) is 34.1 Å². The molecule has 0 saturated heterocycles. The molecule has 0 unspecified atom stereocenters. The maximum Gasteiger partial charge on any atom is 0.170 e. The Morgan fingerprint density at radius 3 is 2.42 bits per heavy atom. The fourth-order valence-electron chi connectivity index (χ4n) is 0.535. The fraction of sp³-hybridized carbons (Fsp3) is 0.700. The molecule has 0 radical (unpaired) electrons. The topological polar surface area (TPSA) is 26.3 Å². The Bertz CT molecular complexity index is 200. The molecule has 0 aliphatic carbocycles. The van der Waals surface area contributed by atoms with E-state index in [0.717, 1.165) is 0 Å². The van der Waals surface area contributed by atoms with Crippen molar-refractivity contribution in [2.75, 3.05) is 6.61 Å². The van der Waals surface area contributed by atoms with Crippen molar-refractivity contribution in [3.8, 4) is 11.8 Å². The smallest absolute Gasteiger partial charge is 0.170 e. The number of Topliss-reactive ketones (excluding diaryl/α,β-unsaturated/α-hetero) is 1. The quantitative estimate of drug-likeness (QED) is 0.600. The third kappa shape index (κ3) is 7.30. The summed E-state index contributed by atoms with van der Waals surface area (Å²) in [5.74, 6) is 5.42. The van der Waals surface area contributed by atoms with Crippen LogP contribution in [0.4, 0.5) is 0 Å². The van der Waals surface area contributed by atoms with E-state index in [1.165, 1.54) is 0 Å². The Morgan fingerprint density at radius 1 is 1.42 bits per heavy atom. The van der Waals surface area contributed by atoms with E-state index in [1.807, 2.05) is 20.8 Å². The number of rotatable bonds is 3. The average molecular weight is 168 g/mol. The zero-order valence-corrected chi connectivity index (χ0v) is 8.23. The monoisotopic (exact) mass is 168 g/mol. The lowest BCUT2D eigenvalue weighted by atomic mass is 10.2. The Balaban J connectivity index is 3.63. The minimum absolute atomic E-state index is 0.0410. The zero-order valence-electron chi connectivity index (χ0n) is 8.23. The summed E-state index contributed by atoms with van der Waals surface area (Å²) in [6, 6.07) is 0. The van der Waals surface area contributed by atoms with Crippen molar-refractivity contribution in [2.45, 2.75) is 39.7 Å². The van der Waals surface area contributed by atoms with Gasteiger partial charge in [-0.25, -0.2) is 0 Å². The number of carbonyl (C=O) groups is 1. The summed E-state index contributed by atoms with van der Waals surface area (Å²) in [5.41, 5.74) is -0.241. The van der Waals surface area contributed by atoms with Gasteiger partial charge in [0.05, 0.1) is 12.0 Å². The van der Waals surface area contributed by atoms with Gasteiger partial charge in [-0.3, -0.25) is 4.79 Å². The van der Waals surface area contributed by atoms with Gasteiger partial charge >= 0.3 is 0 Å². The van der Waals surface area contributed by atoms with E-state index in [2.05, 4.69) is 11.8 Å². The maximum absolute atomic E-state index is 11.0. The van der Waals surface area contributed by atoms with Crippen LogP contribution in [-0.2, 0) is 9.53 Å². The molecule has 0 N–H and O–H groups in total. The largest absolute Gasteiger partial charge is 0.368 e. The number of carbonyl (C=O) groups excluding carboxylic acids is 1. The van der Waals surface area contributed by atoms with Gasteiger partial charge in [-0.2, -0.15) is 0 Å². The molecule has 0 atom stereocenters. The average Bonchev–Trinajstić information content (AvgIpc) is 1.95. The lowest BCUT2D eigenvalue weighted by Gasteiger charge is -2.18. The third-order valence-corrected chi connectivity index (χ3v) is 1.13. The number of hydrogen-bond acceptors (Lipinski definition) is 2.